The molecule has 3 saturated heterocycles. The van der Waals surface area contributed by atoms with E-state index >= 15 is 0 Å². The molecule has 3 aliphatic heterocycles. The molecule has 0 bridgehead atoms. The van der Waals surface area contributed by atoms with Gasteiger partial charge in [-0.15, -0.1) is 0 Å². The summed E-state index contributed by atoms with van der Waals surface area (Å²) in [6.07, 6.45) is 9.11. The third-order valence-electron chi connectivity index (χ3n) is 9.84. The number of anilines is 4. The SMILES string of the molecule is COCC(Nc1ncc(-c2nc(N3CCOCC3)nc3c2ncn3C2CCOC2)cn1)n1cnc2c(-c3cnc(N)nc3C)nc(N3CCOCC3)nc21. The van der Waals surface area contributed by atoms with Crippen molar-refractivity contribution in [1.29, 1.82) is 0 Å². The third-order valence-corrected chi connectivity index (χ3v) is 9.84. The van der Waals surface area contributed by atoms with E-state index in [1.807, 2.05) is 17.8 Å². The van der Waals surface area contributed by atoms with Crippen LogP contribution >= 0.6 is 0 Å². The van der Waals surface area contributed by atoms with Crippen LogP contribution in [0.25, 0.3) is 44.8 Å². The number of imidazole rings is 2. The number of nitrogens with two attached hydrogens (primary N) is 1. The number of nitrogens with zero attached hydrogens (tertiary/aromatic N) is 14. The normalized spacial score (nSPS) is 18.5. The lowest BCUT2D eigenvalue weighted by atomic mass is 10.1. The smallest absolute Gasteiger partial charge is 0.228 e. The van der Waals surface area contributed by atoms with Gasteiger partial charge in [-0.1, -0.05) is 0 Å². The molecule has 3 N–H and O–H groups in total. The van der Waals surface area contributed by atoms with Gasteiger partial charge in [0.15, 0.2) is 11.3 Å². The topological polar surface area (TPSA) is 220 Å². The molecule has 0 saturated carbocycles. The standard InChI is InChI=1S/C34H40N16O4/c1-20-23(15-36-31(35)41-20)26-28-30(46-34(44-26)48-6-11-53-12-7-48)50(19-40-28)24(17-51-2)42-32-37-13-21(14-38-32)25-27-29(49(18-39-27)22-3-8-54-16-22)45-33(43-25)47-4-9-52-10-5-47/h13-15,18-19,22,24H,3-12,16-17H2,1-2H3,(H2,35,36,41)(H,37,38,42). The third kappa shape index (κ3) is 6.46. The van der Waals surface area contributed by atoms with Crippen molar-refractivity contribution in [2.45, 2.75) is 25.6 Å². The van der Waals surface area contributed by atoms with E-state index in [-0.39, 0.29) is 18.6 Å². The molecule has 6 aromatic rings. The fourth-order valence-electron chi connectivity index (χ4n) is 6.99. The molecule has 3 aliphatic rings. The van der Waals surface area contributed by atoms with E-state index in [4.69, 9.17) is 64.6 Å². The Morgan fingerprint density at radius 2 is 1.44 bits per heavy atom. The van der Waals surface area contributed by atoms with Gasteiger partial charge in [0, 0.05) is 69.6 Å². The predicted octanol–water partition coefficient (Wildman–Crippen LogP) is 1.66. The lowest BCUT2D eigenvalue weighted by Gasteiger charge is -2.27. The zero-order valence-corrected chi connectivity index (χ0v) is 30.0. The molecule has 280 valence electrons. The number of methoxy groups -OCH3 is 1. The second-order valence-corrected chi connectivity index (χ2v) is 13.2. The molecule has 9 rings (SSSR count). The summed E-state index contributed by atoms with van der Waals surface area (Å²) in [6, 6.07) is 0.158. The first-order valence-electron chi connectivity index (χ1n) is 17.9. The lowest BCUT2D eigenvalue weighted by Crippen LogP contribution is -2.37. The average molecular weight is 737 g/mol. The Kier molecular flexibility index (Phi) is 9.23. The largest absolute Gasteiger partial charge is 0.381 e. The van der Waals surface area contributed by atoms with Crippen molar-refractivity contribution in [3.8, 4) is 22.5 Å². The number of fused-ring (bicyclic) bond motifs is 2. The quantitative estimate of drug-likeness (QED) is 0.204. The first kappa shape index (κ1) is 34.1. The van der Waals surface area contributed by atoms with Crippen LogP contribution in [0.15, 0.2) is 31.2 Å². The maximum absolute atomic E-state index is 5.89. The van der Waals surface area contributed by atoms with Gasteiger partial charge in [0.1, 0.15) is 28.6 Å². The summed E-state index contributed by atoms with van der Waals surface area (Å²) >= 11 is 0. The average Bonchev–Trinajstić information content (AvgIpc) is 3.99. The van der Waals surface area contributed by atoms with Crippen molar-refractivity contribution in [2.75, 3.05) is 100 Å². The van der Waals surface area contributed by atoms with Gasteiger partial charge in [0.2, 0.25) is 23.8 Å². The van der Waals surface area contributed by atoms with Gasteiger partial charge in [-0.3, -0.25) is 4.57 Å². The van der Waals surface area contributed by atoms with E-state index in [0.717, 1.165) is 12.1 Å². The van der Waals surface area contributed by atoms with E-state index in [1.54, 1.807) is 32.0 Å². The van der Waals surface area contributed by atoms with Gasteiger partial charge < -0.3 is 44.4 Å². The summed E-state index contributed by atoms with van der Waals surface area (Å²) < 4.78 is 26.6. The molecule has 0 aliphatic carbocycles. The van der Waals surface area contributed by atoms with Crippen LogP contribution < -0.4 is 20.9 Å². The molecule has 0 amide bonds. The van der Waals surface area contributed by atoms with Crippen LogP contribution in [-0.4, -0.2) is 139 Å². The number of ether oxygens (including phenoxy) is 4. The van der Waals surface area contributed by atoms with Crippen LogP contribution in [0.4, 0.5) is 23.8 Å². The van der Waals surface area contributed by atoms with Gasteiger partial charge in [0.05, 0.1) is 64.0 Å². The van der Waals surface area contributed by atoms with Crippen LogP contribution in [0.2, 0.25) is 0 Å². The summed E-state index contributed by atoms with van der Waals surface area (Å²) in [5, 5.41) is 3.42. The molecule has 20 nitrogen and oxygen atoms in total. The molecule has 2 unspecified atom stereocenters. The highest BCUT2D eigenvalue weighted by molar-refractivity contribution is 5.90. The van der Waals surface area contributed by atoms with Crippen molar-refractivity contribution >= 4 is 46.1 Å². The number of aromatic nitrogens is 12. The summed E-state index contributed by atoms with van der Waals surface area (Å²) in [6.45, 7) is 8.53. The van der Waals surface area contributed by atoms with Crippen LogP contribution in [-0.2, 0) is 18.9 Å². The minimum atomic E-state index is -0.488. The van der Waals surface area contributed by atoms with E-state index in [9.17, 15) is 0 Å². The van der Waals surface area contributed by atoms with Crippen LogP contribution in [0.5, 0.6) is 0 Å². The van der Waals surface area contributed by atoms with E-state index in [2.05, 4.69) is 29.7 Å². The molecule has 3 fully saturated rings. The number of nitrogens with one attached hydrogen (secondary N) is 1. The highest BCUT2D eigenvalue weighted by Crippen LogP contribution is 2.33. The van der Waals surface area contributed by atoms with Crippen LogP contribution in [0.3, 0.4) is 0 Å². The second kappa shape index (κ2) is 14.6. The lowest BCUT2D eigenvalue weighted by molar-refractivity contribution is 0.122. The minimum absolute atomic E-state index is 0.158. The van der Waals surface area contributed by atoms with Crippen molar-refractivity contribution in [1.82, 2.24) is 59.0 Å². The predicted molar refractivity (Wildman–Crippen MR) is 197 cm³/mol. The van der Waals surface area contributed by atoms with E-state index in [1.165, 1.54) is 0 Å². The molecular formula is C34H40N16O4. The Morgan fingerprint density at radius 1 is 0.778 bits per heavy atom. The van der Waals surface area contributed by atoms with Gasteiger partial charge in [-0.2, -0.15) is 9.97 Å². The van der Waals surface area contributed by atoms with Crippen LogP contribution in [0, 0.1) is 6.92 Å². The van der Waals surface area contributed by atoms with Crippen molar-refractivity contribution < 1.29 is 18.9 Å². The molecule has 6 aromatic heterocycles. The Hall–Kier alpha value is -5.70. The van der Waals surface area contributed by atoms with Crippen molar-refractivity contribution in [3.05, 3.63) is 36.9 Å². The zero-order chi connectivity index (χ0) is 36.6. The number of hydrogen-bond acceptors (Lipinski definition) is 18. The van der Waals surface area contributed by atoms with Crippen LogP contribution in [0.1, 0.15) is 24.3 Å². The van der Waals surface area contributed by atoms with E-state index in [0.29, 0.717) is 129 Å². The fourth-order valence-corrected chi connectivity index (χ4v) is 6.99. The molecule has 9 heterocycles. The maximum Gasteiger partial charge on any atom is 0.228 e. The fraction of sp³-hybridized carbons (Fsp3) is 0.471. The summed E-state index contributed by atoms with van der Waals surface area (Å²) in [7, 11) is 1.63. The molecule has 0 spiro atoms. The first-order valence-corrected chi connectivity index (χ1v) is 17.9. The Balaban J connectivity index is 1.06. The molecule has 0 radical (unpaired) electrons. The number of aryl methyl sites for hydroxylation is 1. The second-order valence-electron chi connectivity index (χ2n) is 13.2. The number of rotatable bonds is 10. The number of hydrogen-bond donors (Lipinski definition) is 2. The molecule has 2 atom stereocenters. The number of morpholine rings is 2. The number of nitrogen functional groups attached to an aromatic ring is 1. The highest BCUT2D eigenvalue weighted by atomic mass is 16.5. The van der Waals surface area contributed by atoms with Gasteiger partial charge in [-0.25, -0.2) is 39.9 Å². The summed E-state index contributed by atoms with van der Waals surface area (Å²) in [5.41, 5.74) is 11.9. The Labute approximate surface area is 309 Å². The monoisotopic (exact) mass is 736 g/mol. The molecule has 54 heavy (non-hydrogen) atoms. The maximum atomic E-state index is 5.89. The molecule has 20 heteroatoms. The van der Waals surface area contributed by atoms with Crippen molar-refractivity contribution in [2.24, 2.45) is 0 Å². The zero-order valence-electron chi connectivity index (χ0n) is 30.0. The molecular weight excluding hydrogens is 696 g/mol. The Morgan fingerprint density at radius 3 is 2.11 bits per heavy atom. The van der Waals surface area contributed by atoms with E-state index < -0.39 is 6.17 Å². The first-order chi connectivity index (χ1) is 26.5. The molecule has 0 aromatic carbocycles. The Bertz CT molecular complexity index is 2260. The van der Waals surface area contributed by atoms with Gasteiger partial charge >= 0.3 is 0 Å². The minimum Gasteiger partial charge on any atom is -0.381 e. The highest BCUT2D eigenvalue weighted by Gasteiger charge is 2.27. The van der Waals surface area contributed by atoms with Gasteiger partial charge in [0.25, 0.3) is 0 Å². The summed E-state index contributed by atoms with van der Waals surface area (Å²) in [5.74, 6) is 1.73. The van der Waals surface area contributed by atoms with Gasteiger partial charge in [-0.05, 0) is 13.3 Å². The summed E-state index contributed by atoms with van der Waals surface area (Å²) in [4.78, 5) is 51.8. The van der Waals surface area contributed by atoms with Crippen molar-refractivity contribution in [3.63, 3.8) is 0 Å².